The fourth-order valence-corrected chi connectivity index (χ4v) is 2.99. The van der Waals surface area contributed by atoms with Gasteiger partial charge >= 0.3 is 0 Å². The van der Waals surface area contributed by atoms with Crippen molar-refractivity contribution >= 4 is 5.91 Å². The van der Waals surface area contributed by atoms with E-state index in [2.05, 4.69) is 10.3 Å². The van der Waals surface area contributed by atoms with Crippen LogP contribution in [0.15, 0.2) is 36.7 Å². The minimum Gasteiger partial charge on any atom is -0.497 e. The van der Waals surface area contributed by atoms with Gasteiger partial charge in [0.25, 0.3) is 0 Å². The van der Waals surface area contributed by atoms with E-state index in [0.29, 0.717) is 13.2 Å². The number of aryl methyl sites for hydroxylation is 1. The van der Waals surface area contributed by atoms with Gasteiger partial charge in [-0.05, 0) is 30.5 Å². The monoisotopic (exact) mass is 329 g/mol. The van der Waals surface area contributed by atoms with Gasteiger partial charge in [0.05, 0.1) is 7.11 Å². The van der Waals surface area contributed by atoms with Gasteiger partial charge in [-0.1, -0.05) is 12.1 Å². The van der Waals surface area contributed by atoms with E-state index in [1.807, 2.05) is 42.1 Å². The van der Waals surface area contributed by atoms with E-state index in [-0.39, 0.29) is 17.9 Å². The summed E-state index contributed by atoms with van der Waals surface area (Å²) in [7, 11) is 3.56. The highest BCUT2D eigenvalue weighted by molar-refractivity contribution is 5.79. The van der Waals surface area contributed by atoms with Crippen molar-refractivity contribution in [2.75, 3.05) is 20.3 Å². The summed E-state index contributed by atoms with van der Waals surface area (Å²) in [5.41, 5.74) is 0.948. The van der Waals surface area contributed by atoms with E-state index in [4.69, 9.17) is 9.47 Å². The Hall–Kier alpha value is -2.34. The fourth-order valence-electron chi connectivity index (χ4n) is 2.99. The van der Waals surface area contributed by atoms with Gasteiger partial charge in [0, 0.05) is 38.6 Å². The van der Waals surface area contributed by atoms with Crippen molar-refractivity contribution in [1.29, 1.82) is 0 Å². The molecule has 1 aromatic heterocycles. The predicted molar refractivity (Wildman–Crippen MR) is 89.7 cm³/mol. The molecule has 6 heteroatoms. The van der Waals surface area contributed by atoms with Crippen LogP contribution >= 0.6 is 0 Å². The Morgan fingerprint density at radius 1 is 1.42 bits per heavy atom. The molecule has 0 radical (unpaired) electrons. The lowest BCUT2D eigenvalue weighted by atomic mass is 9.97. The number of rotatable bonds is 5. The first-order valence-corrected chi connectivity index (χ1v) is 8.18. The van der Waals surface area contributed by atoms with E-state index < -0.39 is 0 Å². The summed E-state index contributed by atoms with van der Waals surface area (Å²) in [6, 6.07) is 7.41. The zero-order valence-electron chi connectivity index (χ0n) is 14.1. The summed E-state index contributed by atoms with van der Waals surface area (Å²) in [5, 5.41) is 3.16. The molecule has 1 N–H and O–H groups in total. The van der Waals surface area contributed by atoms with Crippen molar-refractivity contribution in [2.45, 2.75) is 18.9 Å². The topological polar surface area (TPSA) is 65.4 Å². The van der Waals surface area contributed by atoms with Crippen molar-refractivity contribution in [1.82, 2.24) is 14.9 Å². The molecule has 1 aromatic carbocycles. The van der Waals surface area contributed by atoms with Gasteiger partial charge in [-0.3, -0.25) is 4.79 Å². The Kier molecular flexibility index (Phi) is 5.15. The third kappa shape index (κ3) is 3.59. The van der Waals surface area contributed by atoms with E-state index >= 15 is 0 Å². The first-order chi connectivity index (χ1) is 11.7. The second-order valence-corrected chi connectivity index (χ2v) is 6.00. The smallest absolute Gasteiger partial charge is 0.224 e. The van der Waals surface area contributed by atoms with Crippen LogP contribution < -0.4 is 10.1 Å². The van der Waals surface area contributed by atoms with Gasteiger partial charge in [-0.2, -0.15) is 0 Å². The molecule has 128 valence electrons. The third-order valence-electron chi connectivity index (χ3n) is 4.42. The highest BCUT2D eigenvalue weighted by Gasteiger charge is 2.27. The average Bonchev–Trinajstić information content (AvgIpc) is 3.06. The number of hydrogen-bond acceptors (Lipinski definition) is 4. The van der Waals surface area contributed by atoms with Crippen LogP contribution in [0.1, 0.15) is 30.3 Å². The summed E-state index contributed by atoms with van der Waals surface area (Å²) in [5.74, 6) is 1.59. The lowest BCUT2D eigenvalue weighted by Gasteiger charge is -2.25. The number of carbonyl (C=O) groups is 1. The highest BCUT2D eigenvalue weighted by Crippen LogP contribution is 2.25. The summed E-state index contributed by atoms with van der Waals surface area (Å²) in [6.07, 6.45) is 5.14. The van der Waals surface area contributed by atoms with Crippen LogP contribution in [0.3, 0.4) is 0 Å². The average molecular weight is 329 g/mol. The number of nitrogens with zero attached hydrogens (tertiary/aromatic N) is 2. The van der Waals surface area contributed by atoms with Crippen molar-refractivity contribution in [3.63, 3.8) is 0 Å². The normalized spacial score (nSPS) is 16.6. The maximum atomic E-state index is 12.7. The zero-order valence-corrected chi connectivity index (χ0v) is 14.1. The molecule has 0 spiro atoms. The molecule has 2 heterocycles. The second-order valence-electron chi connectivity index (χ2n) is 6.00. The number of hydrogen-bond donors (Lipinski definition) is 1. The maximum absolute atomic E-state index is 12.7. The van der Waals surface area contributed by atoms with Gasteiger partial charge in [0.2, 0.25) is 5.91 Å². The SMILES string of the molecule is COc1cccc(C(NC(=O)C2CCOCC2)c2nccn2C)c1. The lowest BCUT2D eigenvalue weighted by Crippen LogP contribution is -2.38. The zero-order chi connectivity index (χ0) is 16.9. The number of carbonyl (C=O) groups excluding carboxylic acids is 1. The number of methoxy groups -OCH3 is 1. The first kappa shape index (κ1) is 16.5. The summed E-state index contributed by atoms with van der Waals surface area (Å²) in [6.45, 7) is 1.29. The Bertz CT molecular complexity index is 692. The first-order valence-electron chi connectivity index (χ1n) is 8.18. The quantitative estimate of drug-likeness (QED) is 0.912. The maximum Gasteiger partial charge on any atom is 0.224 e. The van der Waals surface area contributed by atoms with Crippen molar-refractivity contribution in [2.24, 2.45) is 13.0 Å². The van der Waals surface area contributed by atoms with Crippen molar-refractivity contribution in [3.8, 4) is 5.75 Å². The summed E-state index contributed by atoms with van der Waals surface area (Å²) < 4.78 is 12.6. The summed E-state index contributed by atoms with van der Waals surface area (Å²) in [4.78, 5) is 17.1. The molecular weight excluding hydrogens is 306 g/mol. The Morgan fingerprint density at radius 2 is 2.21 bits per heavy atom. The van der Waals surface area contributed by atoms with Crippen LogP contribution in [0, 0.1) is 5.92 Å². The molecule has 6 nitrogen and oxygen atoms in total. The molecule has 1 aliphatic heterocycles. The molecule has 2 aromatic rings. The van der Waals surface area contributed by atoms with Crippen molar-refractivity contribution in [3.05, 3.63) is 48.0 Å². The minimum absolute atomic E-state index is 0.00729. The van der Waals surface area contributed by atoms with Gasteiger partial charge in [0.1, 0.15) is 17.6 Å². The van der Waals surface area contributed by atoms with E-state index in [0.717, 1.165) is 30.0 Å². The molecule has 1 atom stereocenters. The number of imidazole rings is 1. The van der Waals surface area contributed by atoms with E-state index in [1.165, 1.54) is 0 Å². The molecule has 1 unspecified atom stereocenters. The van der Waals surface area contributed by atoms with Gasteiger partial charge in [-0.15, -0.1) is 0 Å². The summed E-state index contributed by atoms with van der Waals surface area (Å²) >= 11 is 0. The van der Waals surface area contributed by atoms with Gasteiger partial charge < -0.3 is 19.4 Å². The second kappa shape index (κ2) is 7.49. The number of ether oxygens (including phenoxy) is 2. The Labute approximate surface area is 141 Å². The van der Waals surface area contributed by atoms with Crippen LogP contribution in [0.2, 0.25) is 0 Å². The molecule has 3 rings (SSSR count). The number of nitrogens with one attached hydrogen (secondary N) is 1. The third-order valence-corrected chi connectivity index (χ3v) is 4.42. The molecule has 1 aliphatic rings. The van der Waals surface area contributed by atoms with Crippen LogP contribution in [-0.2, 0) is 16.6 Å². The standard InChI is InChI=1S/C18H23N3O3/c1-21-9-8-19-17(21)16(14-4-3-5-15(12-14)23-2)20-18(22)13-6-10-24-11-7-13/h3-5,8-9,12-13,16H,6-7,10-11H2,1-2H3,(H,20,22). The fraction of sp³-hybridized carbons (Fsp3) is 0.444. The Balaban J connectivity index is 1.87. The largest absolute Gasteiger partial charge is 0.497 e. The molecule has 0 saturated carbocycles. The van der Waals surface area contributed by atoms with E-state index in [9.17, 15) is 4.79 Å². The van der Waals surface area contributed by atoms with Crippen molar-refractivity contribution < 1.29 is 14.3 Å². The molecule has 1 saturated heterocycles. The van der Waals surface area contributed by atoms with Crippen LogP contribution in [-0.4, -0.2) is 35.8 Å². The predicted octanol–water partition coefficient (Wildman–Crippen LogP) is 2.06. The molecule has 0 aliphatic carbocycles. The molecule has 1 amide bonds. The van der Waals surface area contributed by atoms with Crippen LogP contribution in [0.5, 0.6) is 5.75 Å². The number of aromatic nitrogens is 2. The molecule has 24 heavy (non-hydrogen) atoms. The van der Waals surface area contributed by atoms with E-state index in [1.54, 1.807) is 13.3 Å². The van der Waals surface area contributed by atoms with Crippen LogP contribution in [0.4, 0.5) is 0 Å². The highest BCUT2D eigenvalue weighted by atomic mass is 16.5. The lowest BCUT2D eigenvalue weighted by molar-refractivity contribution is -0.128. The number of amides is 1. The molecule has 0 bridgehead atoms. The van der Waals surface area contributed by atoms with Gasteiger partial charge in [-0.25, -0.2) is 4.98 Å². The molecule has 1 fully saturated rings. The number of benzene rings is 1. The Morgan fingerprint density at radius 3 is 2.88 bits per heavy atom. The molecular formula is C18H23N3O3. The minimum atomic E-state index is -0.310. The van der Waals surface area contributed by atoms with Gasteiger partial charge in [0.15, 0.2) is 0 Å². The van der Waals surface area contributed by atoms with Crippen LogP contribution in [0.25, 0.3) is 0 Å².